The molecule has 4 nitrogen and oxygen atoms in total. The fourth-order valence-electron chi connectivity index (χ4n) is 3.89. The summed E-state index contributed by atoms with van der Waals surface area (Å²) in [5, 5.41) is 14.8. The predicted molar refractivity (Wildman–Crippen MR) is 113 cm³/mol. The number of hydrogen-bond acceptors (Lipinski definition) is 2. The van der Waals surface area contributed by atoms with E-state index in [1.54, 1.807) is 6.07 Å². The Morgan fingerprint density at radius 1 is 0.714 bits per heavy atom. The van der Waals surface area contributed by atoms with E-state index in [1.165, 1.54) is 0 Å². The van der Waals surface area contributed by atoms with Crippen LogP contribution in [-0.2, 0) is 0 Å². The molecule has 0 aliphatic carbocycles. The Labute approximate surface area is 161 Å². The molecule has 0 aliphatic rings. The second kappa shape index (κ2) is 6.35. The average molecular weight is 364 g/mol. The van der Waals surface area contributed by atoms with Crippen molar-refractivity contribution in [1.29, 1.82) is 0 Å². The molecule has 28 heavy (non-hydrogen) atoms. The van der Waals surface area contributed by atoms with Crippen molar-refractivity contribution < 1.29 is 4.92 Å². The lowest BCUT2D eigenvalue weighted by Crippen LogP contribution is -1.97. The number of fused-ring (bicyclic) bond motifs is 2. The van der Waals surface area contributed by atoms with Gasteiger partial charge in [-0.05, 0) is 35.0 Å². The molecule has 0 saturated carbocycles. The summed E-state index contributed by atoms with van der Waals surface area (Å²) >= 11 is 0. The van der Waals surface area contributed by atoms with Gasteiger partial charge in [-0.25, -0.2) is 0 Å². The first kappa shape index (κ1) is 16.3. The smallest absolute Gasteiger partial charge is 0.277 e. The highest BCUT2D eigenvalue weighted by Gasteiger charge is 2.21. The SMILES string of the molecule is O=[N+]([O-])c1ccc2ccccc2c1-c1cccc2ccn(-c3ccccc3)c12. The van der Waals surface area contributed by atoms with Gasteiger partial charge < -0.3 is 4.57 Å². The Morgan fingerprint density at radius 3 is 2.29 bits per heavy atom. The average Bonchev–Trinajstić information content (AvgIpc) is 3.18. The molecule has 0 unspecified atom stereocenters. The van der Waals surface area contributed by atoms with Gasteiger partial charge in [0, 0.05) is 28.9 Å². The summed E-state index contributed by atoms with van der Waals surface area (Å²) in [6.45, 7) is 0. The monoisotopic (exact) mass is 364 g/mol. The van der Waals surface area contributed by atoms with Crippen molar-refractivity contribution in [2.24, 2.45) is 0 Å². The van der Waals surface area contributed by atoms with Crippen LogP contribution < -0.4 is 0 Å². The van der Waals surface area contributed by atoms with Gasteiger partial charge in [0.25, 0.3) is 5.69 Å². The zero-order valence-corrected chi connectivity index (χ0v) is 14.9. The van der Waals surface area contributed by atoms with Crippen LogP contribution in [0, 0.1) is 10.1 Å². The molecule has 134 valence electrons. The van der Waals surface area contributed by atoms with Gasteiger partial charge in [0.1, 0.15) is 0 Å². The van der Waals surface area contributed by atoms with Crippen molar-refractivity contribution in [3.63, 3.8) is 0 Å². The Balaban J connectivity index is 1.92. The molecule has 0 atom stereocenters. The van der Waals surface area contributed by atoms with Crippen molar-refractivity contribution >= 4 is 27.4 Å². The van der Waals surface area contributed by atoms with Crippen molar-refractivity contribution in [2.45, 2.75) is 0 Å². The highest BCUT2D eigenvalue weighted by Crippen LogP contribution is 2.41. The number of aromatic nitrogens is 1. The first-order valence-electron chi connectivity index (χ1n) is 9.06. The fraction of sp³-hybridized carbons (Fsp3) is 0. The van der Waals surface area contributed by atoms with E-state index in [4.69, 9.17) is 0 Å². The van der Waals surface area contributed by atoms with Gasteiger partial charge in [-0.15, -0.1) is 0 Å². The summed E-state index contributed by atoms with van der Waals surface area (Å²) in [5.41, 5.74) is 3.62. The minimum atomic E-state index is -0.295. The summed E-state index contributed by atoms with van der Waals surface area (Å²) in [4.78, 5) is 11.6. The largest absolute Gasteiger partial charge is 0.316 e. The molecule has 0 saturated heterocycles. The van der Waals surface area contributed by atoms with Gasteiger partial charge in [-0.3, -0.25) is 10.1 Å². The molecule has 0 spiro atoms. The maximum absolute atomic E-state index is 11.9. The minimum absolute atomic E-state index is 0.118. The summed E-state index contributed by atoms with van der Waals surface area (Å²) in [6, 6.07) is 29.3. The highest BCUT2D eigenvalue weighted by atomic mass is 16.6. The van der Waals surface area contributed by atoms with Gasteiger partial charge in [0.2, 0.25) is 0 Å². The molecule has 0 bridgehead atoms. The van der Waals surface area contributed by atoms with E-state index in [1.807, 2.05) is 91.1 Å². The lowest BCUT2D eigenvalue weighted by atomic mass is 9.95. The van der Waals surface area contributed by atoms with Gasteiger partial charge in [0.05, 0.1) is 16.0 Å². The molecule has 0 N–H and O–H groups in total. The number of nitro groups is 1. The van der Waals surface area contributed by atoms with Crippen LogP contribution >= 0.6 is 0 Å². The first-order chi connectivity index (χ1) is 13.7. The molecule has 4 aromatic carbocycles. The van der Waals surface area contributed by atoms with Crippen molar-refractivity contribution in [3.05, 3.63) is 107 Å². The molecule has 5 rings (SSSR count). The van der Waals surface area contributed by atoms with Crippen LogP contribution in [0.3, 0.4) is 0 Å². The normalized spacial score (nSPS) is 11.1. The van der Waals surface area contributed by atoms with E-state index in [0.29, 0.717) is 5.56 Å². The third kappa shape index (κ3) is 2.47. The van der Waals surface area contributed by atoms with E-state index < -0.39 is 0 Å². The Morgan fingerprint density at radius 2 is 1.46 bits per heavy atom. The Kier molecular flexibility index (Phi) is 3.69. The number of benzene rings is 4. The third-order valence-electron chi connectivity index (χ3n) is 5.12. The minimum Gasteiger partial charge on any atom is -0.316 e. The highest BCUT2D eigenvalue weighted by molar-refractivity contribution is 6.08. The van der Waals surface area contributed by atoms with Gasteiger partial charge in [0.15, 0.2) is 0 Å². The quantitative estimate of drug-likeness (QED) is 0.276. The van der Waals surface area contributed by atoms with E-state index in [2.05, 4.69) is 4.57 Å². The van der Waals surface area contributed by atoms with Crippen LogP contribution in [0.5, 0.6) is 0 Å². The van der Waals surface area contributed by atoms with Crippen molar-refractivity contribution in [1.82, 2.24) is 4.57 Å². The fourth-order valence-corrected chi connectivity index (χ4v) is 3.89. The summed E-state index contributed by atoms with van der Waals surface area (Å²) in [6.07, 6.45) is 2.01. The van der Waals surface area contributed by atoms with Crippen LogP contribution in [0.2, 0.25) is 0 Å². The van der Waals surface area contributed by atoms with Gasteiger partial charge in [-0.1, -0.05) is 60.7 Å². The maximum Gasteiger partial charge on any atom is 0.277 e. The van der Waals surface area contributed by atoms with Crippen molar-refractivity contribution in [3.8, 4) is 16.8 Å². The number of rotatable bonds is 3. The van der Waals surface area contributed by atoms with Crippen molar-refractivity contribution in [2.75, 3.05) is 0 Å². The Bertz CT molecular complexity index is 1340. The first-order valence-corrected chi connectivity index (χ1v) is 9.06. The molecule has 1 heterocycles. The molecule has 4 heteroatoms. The molecule has 1 aromatic heterocycles. The number of nitro benzene ring substituents is 1. The molecule has 0 amide bonds. The van der Waals surface area contributed by atoms with Crippen LogP contribution in [0.4, 0.5) is 5.69 Å². The van der Waals surface area contributed by atoms with E-state index >= 15 is 0 Å². The van der Waals surface area contributed by atoms with E-state index in [0.717, 1.165) is 32.9 Å². The van der Waals surface area contributed by atoms with Crippen LogP contribution in [0.1, 0.15) is 0 Å². The van der Waals surface area contributed by atoms with Gasteiger partial charge >= 0.3 is 0 Å². The molecular formula is C24H16N2O2. The lowest BCUT2D eigenvalue weighted by molar-refractivity contribution is -0.384. The van der Waals surface area contributed by atoms with Crippen LogP contribution in [0.25, 0.3) is 38.5 Å². The number of hydrogen-bond donors (Lipinski definition) is 0. The second-order valence-electron chi connectivity index (χ2n) is 6.70. The molecule has 0 fully saturated rings. The zero-order valence-electron chi connectivity index (χ0n) is 14.9. The summed E-state index contributed by atoms with van der Waals surface area (Å²) < 4.78 is 2.09. The molecule has 0 aliphatic heterocycles. The predicted octanol–water partition coefficient (Wildman–Crippen LogP) is 6.36. The maximum atomic E-state index is 11.9. The zero-order chi connectivity index (χ0) is 19.1. The number of nitrogens with zero attached hydrogens (tertiary/aromatic N) is 2. The van der Waals surface area contributed by atoms with Crippen LogP contribution in [-0.4, -0.2) is 9.49 Å². The van der Waals surface area contributed by atoms with Crippen LogP contribution in [0.15, 0.2) is 97.2 Å². The van der Waals surface area contributed by atoms with E-state index in [-0.39, 0.29) is 10.6 Å². The molecule has 5 aromatic rings. The molecular weight excluding hydrogens is 348 g/mol. The second-order valence-corrected chi connectivity index (χ2v) is 6.70. The van der Waals surface area contributed by atoms with E-state index in [9.17, 15) is 10.1 Å². The summed E-state index contributed by atoms with van der Waals surface area (Å²) in [5.74, 6) is 0. The standard InChI is InChI=1S/C24H16N2O2/c27-26(28)22-14-13-17-7-4-5-11-20(17)23(22)21-12-6-8-18-15-16-25(24(18)21)19-9-2-1-3-10-19/h1-16H. The number of para-hydroxylation sites is 2. The molecule has 0 radical (unpaired) electrons. The Hall–Kier alpha value is -3.92. The topological polar surface area (TPSA) is 48.1 Å². The summed E-state index contributed by atoms with van der Waals surface area (Å²) in [7, 11) is 0. The lowest BCUT2D eigenvalue weighted by Gasteiger charge is -2.13. The third-order valence-corrected chi connectivity index (χ3v) is 5.12. The van der Waals surface area contributed by atoms with Gasteiger partial charge in [-0.2, -0.15) is 0 Å².